The third-order valence-corrected chi connectivity index (χ3v) is 2.98. The summed E-state index contributed by atoms with van der Waals surface area (Å²) in [5.41, 5.74) is 1.53. The molecule has 2 rings (SSSR count). The quantitative estimate of drug-likeness (QED) is 0.627. The molecule has 0 aliphatic rings. The molecule has 110 valence electrons. The van der Waals surface area contributed by atoms with Gasteiger partial charge in [0, 0.05) is 0 Å². The van der Waals surface area contributed by atoms with Crippen LogP contribution in [0.2, 0.25) is 0 Å². The first-order valence-corrected chi connectivity index (χ1v) is 6.80. The summed E-state index contributed by atoms with van der Waals surface area (Å²) in [5, 5.41) is 9.20. The van der Waals surface area contributed by atoms with Gasteiger partial charge in [0.2, 0.25) is 0 Å². The molecule has 0 amide bonds. The van der Waals surface area contributed by atoms with E-state index >= 15 is 0 Å². The minimum Gasteiger partial charge on any atom is -0.490 e. The molecule has 0 saturated carbocycles. The largest absolute Gasteiger partial charge is 0.490 e. The van der Waals surface area contributed by atoms with Gasteiger partial charge < -0.3 is 14.6 Å². The number of carbonyl (C=O) groups is 1. The van der Waals surface area contributed by atoms with Crippen molar-refractivity contribution >= 4 is 5.97 Å². The van der Waals surface area contributed by atoms with E-state index in [0.29, 0.717) is 6.61 Å². The number of aliphatic hydroxyl groups excluding tert-OH is 1. The fourth-order valence-electron chi connectivity index (χ4n) is 1.92. The molecular weight excluding hydrogens is 268 g/mol. The summed E-state index contributed by atoms with van der Waals surface area (Å²) in [6, 6.07) is 16.6. The van der Waals surface area contributed by atoms with Crippen LogP contribution < -0.4 is 4.74 Å². The number of rotatable bonds is 7. The van der Waals surface area contributed by atoms with Gasteiger partial charge in [0.15, 0.2) is 0 Å². The number of hydrogen-bond donors (Lipinski definition) is 1. The predicted molar refractivity (Wildman–Crippen MR) is 79.0 cm³/mol. The van der Waals surface area contributed by atoms with Crippen molar-refractivity contribution in [1.29, 1.82) is 0 Å². The number of aliphatic hydroxyl groups is 1. The van der Waals surface area contributed by atoms with Crippen molar-refractivity contribution in [2.24, 2.45) is 0 Å². The molecule has 0 unspecified atom stereocenters. The average Bonchev–Trinajstić information content (AvgIpc) is 2.53. The molecule has 1 N–H and O–H groups in total. The number of benzene rings is 2. The maximum Gasteiger partial charge on any atom is 0.310 e. The van der Waals surface area contributed by atoms with Gasteiger partial charge in [0.25, 0.3) is 0 Å². The number of para-hydroxylation sites is 1. The monoisotopic (exact) mass is 286 g/mol. The van der Waals surface area contributed by atoms with Gasteiger partial charge in [0.05, 0.1) is 13.0 Å². The van der Waals surface area contributed by atoms with Crippen molar-refractivity contribution in [3.05, 3.63) is 65.7 Å². The fraction of sp³-hybridized carbons (Fsp3) is 0.235. The lowest BCUT2D eigenvalue weighted by atomic mass is 10.1. The van der Waals surface area contributed by atoms with Crippen molar-refractivity contribution in [3.63, 3.8) is 0 Å². The van der Waals surface area contributed by atoms with Crippen LogP contribution in [0.25, 0.3) is 0 Å². The van der Waals surface area contributed by atoms with Gasteiger partial charge in [0.1, 0.15) is 19.0 Å². The minimum absolute atomic E-state index is 0.0828. The Bertz CT molecular complexity index is 566. The van der Waals surface area contributed by atoms with Crippen molar-refractivity contribution in [1.82, 2.24) is 0 Å². The number of ether oxygens (including phenoxy) is 2. The van der Waals surface area contributed by atoms with Gasteiger partial charge in [-0.05, 0) is 23.3 Å². The summed E-state index contributed by atoms with van der Waals surface area (Å²) < 4.78 is 10.6. The van der Waals surface area contributed by atoms with Crippen LogP contribution in [-0.2, 0) is 22.6 Å². The Labute approximate surface area is 123 Å². The zero-order valence-corrected chi connectivity index (χ0v) is 11.7. The van der Waals surface area contributed by atoms with Gasteiger partial charge in [-0.25, -0.2) is 0 Å². The third-order valence-electron chi connectivity index (χ3n) is 2.98. The van der Waals surface area contributed by atoms with Crippen LogP contribution in [0.4, 0.5) is 0 Å². The second-order valence-corrected chi connectivity index (χ2v) is 4.49. The van der Waals surface area contributed by atoms with Crippen LogP contribution in [0, 0.1) is 0 Å². The van der Waals surface area contributed by atoms with E-state index in [4.69, 9.17) is 9.47 Å². The molecule has 2 aromatic carbocycles. The van der Waals surface area contributed by atoms with E-state index < -0.39 is 0 Å². The summed E-state index contributed by atoms with van der Waals surface area (Å²) in [4.78, 5) is 11.7. The van der Waals surface area contributed by atoms with Gasteiger partial charge in [-0.2, -0.15) is 0 Å². The summed E-state index contributed by atoms with van der Waals surface area (Å²) in [7, 11) is 0. The Kier molecular flexibility index (Phi) is 5.79. The molecule has 0 spiro atoms. The van der Waals surface area contributed by atoms with Crippen LogP contribution in [0.5, 0.6) is 5.75 Å². The number of hydrogen-bond acceptors (Lipinski definition) is 4. The lowest BCUT2D eigenvalue weighted by Crippen LogP contribution is -2.14. The van der Waals surface area contributed by atoms with E-state index in [9.17, 15) is 9.90 Å². The zero-order chi connectivity index (χ0) is 14.9. The SMILES string of the molecule is O=C(Cc1ccccc1CO)OCCOc1ccccc1. The molecular formula is C17H18O4. The molecule has 0 aliphatic carbocycles. The summed E-state index contributed by atoms with van der Waals surface area (Å²) in [6.45, 7) is 0.437. The van der Waals surface area contributed by atoms with Crippen molar-refractivity contribution in [3.8, 4) is 5.75 Å². The van der Waals surface area contributed by atoms with Crippen molar-refractivity contribution in [2.45, 2.75) is 13.0 Å². The summed E-state index contributed by atoms with van der Waals surface area (Å²) in [6.07, 6.45) is 0.155. The Morgan fingerprint density at radius 3 is 2.29 bits per heavy atom. The van der Waals surface area contributed by atoms with E-state index in [1.165, 1.54) is 0 Å². The molecule has 0 heterocycles. The zero-order valence-electron chi connectivity index (χ0n) is 11.7. The summed E-state index contributed by atoms with van der Waals surface area (Å²) >= 11 is 0. The smallest absolute Gasteiger partial charge is 0.310 e. The first kappa shape index (κ1) is 15.1. The normalized spacial score (nSPS) is 10.1. The molecule has 4 heteroatoms. The van der Waals surface area contributed by atoms with Gasteiger partial charge in [-0.3, -0.25) is 4.79 Å². The molecule has 0 saturated heterocycles. The Morgan fingerprint density at radius 2 is 1.57 bits per heavy atom. The van der Waals surface area contributed by atoms with Crippen LogP contribution in [0.15, 0.2) is 54.6 Å². The van der Waals surface area contributed by atoms with E-state index in [1.54, 1.807) is 6.07 Å². The molecule has 21 heavy (non-hydrogen) atoms. The van der Waals surface area contributed by atoms with Crippen LogP contribution in [0.3, 0.4) is 0 Å². The minimum atomic E-state index is -0.326. The highest BCUT2D eigenvalue weighted by atomic mass is 16.6. The Hall–Kier alpha value is -2.33. The molecule has 0 aromatic heterocycles. The molecule has 0 aliphatic heterocycles. The van der Waals surface area contributed by atoms with Crippen LogP contribution in [0.1, 0.15) is 11.1 Å². The van der Waals surface area contributed by atoms with Gasteiger partial charge >= 0.3 is 5.97 Å². The maximum absolute atomic E-state index is 11.7. The highest BCUT2D eigenvalue weighted by Gasteiger charge is 2.08. The van der Waals surface area contributed by atoms with E-state index in [1.807, 2.05) is 48.5 Å². The van der Waals surface area contributed by atoms with Gasteiger partial charge in [-0.15, -0.1) is 0 Å². The third kappa shape index (κ3) is 4.93. The van der Waals surface area contributed by atoms with Crippen LogP contribution >= 0.6 is 0 Å². The highest BCUT2D eigenvalue weighted by Crippen LogP contribution is 2.10. The summed E-state index contributed by atoms with van der Waals surface area (Å²) in [5.74, 6) is 0.423. The lowest BCUT2D eigenvalue weighted by Gasteiger charge is -2.09. The Morgan fingerprint density at radius 1 is 0.905 bits per heavy atom. The van der Waals surface area contributed by atoms with E-state index in [-0.39, 0.29) is 25.6 Å². The molecule has 0 fully saturated rings. The number of carbonyl (C=O) groups excluding carboxylic acids is 1. The standard InChI is InChI=1S/C17H18O4/c18-13-15-7-5-4-6-14(15)12-17(19)21-11-10-20-16-8-2-1-3-9-16/h1-9,18H,10-13H2. The topological polar surface area (TPSA) is 55.8 Å². The van der Waals surface area contributed by atoms with Crippen molar-refractivity contribution in [2.75, 3.05) is 13.2 Å². The predicted octanol–water partition coefficient (Wildman–Crippen LogP) is 2.34. The molecule has 4 nitrogen and oxygen atoms in total. The second-order valence-electron chi connectivity index (χ2n) is 4.49. The average molecular weight is 286 g/mol. The molecule has 0 atom stereocenters. The highest BCUT2D eigenvalue weighted by molar-refractivity contribution is 5.73. The molecule has 2 aromatic rings. The second kappa shape index (κ2) is 8.07. The van der Waals surface area contributed by atoms with Gasteiger partial charge in [-0.1, -0.05) is 42.5 Å². The lowest BCUT2D eigenvalue weighted by molar-refractivity contribution is -0.143. The fourth-order valence-corrected chi connectivity index (χ4v) is 1.92. The first-order chi connectivity index (χ1) is 10.3. The molecule has 0 radical (unpaired) electrons. The molecule has 0 bridgehead atoms. The first-order valence-electron chi connectivity index (χ1n) is 6.80. The Balaban J connectivity index is 1.72. The van der Waals surface area contributed by atoms with Crippen LogP contribution in [-0.4, -0.2) is 24.3 Å². The maximum atomic E-state index is 11.7. The van der Waals surface area contributed by atoms with Crippen molar-refractivity contribution < 1.29 is 19.4 Å². The van der Waals surface area contributed by atoms with E-state index in [2.05, 4.69) is 0 Å². The number of esters is 1. The van der Waals surface area contributed by atoms with E-state index in [0.717, 1.165) is 16.9 Å².